The Morgan fingerprint density at radius 3 is 2.42 bits per heavy atom. The Bertz CT molecular complexity index is 113. The van der Waals surface area contributed by atoms with Crippen molar-refractivity contribution < 1.29 is 19.4 Å². The van der Waals surface area contributed by atoms with Crippen LogP contribution in [0.3, 0.4) is 0 Å². The van der Waals surface area contributed by atoms with E-state index < -0.39 is 0 Å². The average Bonchev–Trinajstić information content (AvgIpc) is 2.03. The third-order valence-corrected chi connectivity index (χ3v) is 2.39. The largest absolute Gasteiger partial charge is 0.870 e. The van der Waals surface area contributed by atoms with Crippen LogP contribution in [0.15, 0.2) is 0 Å². The number of likely N-dealkylation sites (N-methyl/N-ethyl adjacent to an activating group) is 1. The summed E-state index contributed by atoms with van der Waals surface area (Å²) in [5, 5.41) is 0. The van der Waals surface area contributed by atoms with E-state index in [1.165, 1.54) is 0 Å². The molecule has 4 nitrogen and oxygen atoms in total. The molecule has 0 aromatic carbocycles. The fourth-order valence-electron chi connectivity index (χ4n) is 1.32. The first-order valence-electron chi connectivity index (χ1n) is 4.17. The minimum Gasteiger partial charge on any atom is -0.870 e. The number of morpholine rings is 1. The van der Waals surface area contributed by atoms with Crippen molar-refractivity contribution in [1.82, 2.24) is 0 Å². The summed E-state index contributed by atoms with van der Waals surface area (Å²) in [5.74, 6) is 0. The van der Waals surface area contributed by atoms with Gasteiger partial charge in [-0.3, -0.25) is 0 Å². The quantitative estimate of drug-likeness (QED) is 0.567. The molecule has 0 radical (unpaired) electrons. The zero-order valence-corrected chi connectivity index (χ0v) is 7.95. The molecule has 0 spiro atoms. The number of rotatable bonds is 3. The lowest BCUT2D eigenvalue weighted by atomic mass is 10.3. The first kappa shape index (κ1) is 11.8. The molecule has 1 saturated heterocycles. The van der Waals surface area contributed by atoms with Crippen LogP contribution < -0.4 is 0 Å². The highest BCUT2D eigenvalue weighted by Crippen LogP contribution is 2.06. The highest BCUT2D eigenvalue weighted by Gasteiger charge is 2.24. The Morgan fingerprint density at radius 2 is 1.92 bits per heavy atom. The second-order valence-electron chi connectivity index (χ2n) is 3.40. The SMILES string of the molecule is COCC[N+]1(C)CCOCC1.[OH-]. The Kier molecular flexibility index (Phi) is 5.41. The second kappa shape index (κ2) is 5.48. The monoisotopic (exact) mass is 177 g/mol. The van der Waals surface area contributed by atoms with E-state index in [0.29, 0.717) is 0 Å². The molecule has 0 aliphatic carbocycles. The molecule has 0 aromatic rings. The van der Waals surface area contributed by atoms with Crippen molar-refractivity contribution in [2.24, 2.45) is 0 Å². The van der Waals surface area contributed by atoms with Crippen molar-refractivity contribution in [3.63, 3.8) is 0 Å². The number of methoxy groups -OCH3 is 1. The predicted octanol–water partition coefficient (Wildman–Crippen LogP) is -0.0672. The van der Waals surface area contributed by atoms with Crippen LogP contribution in [-0.4, -0.2) is 63.6 Å². The molecule has 1 rings (SSSR count). The van der Waals surface area contributed by atoms with Crippen molar-refractivity contribution in [2.45, 2.75) is 0 Å². The molecular formula is C8H19NO3. The van der Waals surface area contributed by atoms with E-state index in [1.807, 2.05) is 0 Å². The van der Waals surface area contributed by atoms with Gasteiger partial charge in [0.15, 0.2) is 0 Å². The summed E-state index contributed by atoms with van der Waals surface area (Å²) in [5.41, 5.74) is 0. The fourth-order valence-corrected chi connectivity index (χ4v) is 1.32. The number of hydrogen-bond donors (Lipinski definition) is 0. The van der Waals surface area contributed by atoms with Crippen molar-refractivity contribution >= 4 is 0 Å². The van der Waals surface area contributed by atoms with Gasteiger partial charge in [-0.25, -0.2) is 0 Å². The van der Waals surface area contributed by atoms with Gasteiger partial charge in [0, 0.05) is 7.11 Å². The number of hydrogen-bond acceptors (Lipinski definition) is 3. The summed E-state index contributed by atoms with van der Waals surface area (Å²) in [6.07, 6.45) is 0. The molecular weight excluding hydrogens is 158 g/mol. The van der Waals surface area contributed by atoms with Gasteiger partial charge in [0.2, 0.25) is 0 Å². The third-order valence-electron chi connectivity index (χ3n) is 2.39. The molecule has 0 saturated carbocycles. The van der Waals surface area contributed by atoms with Crippen molar-refractivity contribution in [2.75, 3.05) is 53.6 Å². The first-order chi connectivity index (χ1) is 5.27. The van der Waals surface area contributed by atoms with Crippen LogP contribution in [0.2, 0.25) is 0 Å². The third kappa shape index (κ3) is 3.49. The summed E-state index contributed by atoms with van der Waals surface area (Å²) in [4.78, 5) is 0. The molecule has 1 N–H and O–H groups in total. The summed E-state index contributed by atoms with van der Waals surface area (Å²) >= 11 is 0. The molecule has 0 aromatic heterocycles. The smallest absolute Gasteiger partial charge is 0.102 e. The van der Waals surface area contributed by atoms with Crippen LogP contribution in [0.1, 0.15) is 0 Å². The van der Waals surface area contributed by atoms with E-state index in [9.17, 15) is 0 Å². The standard InChI is InChI=1S/C8H18NO2.H2O/c1-9(3-6-10-2)4-7-11-8-5-9;/h3-8H2,1-2H3;1H2/q+1;/p-1. The Morgan fingerprint density at radius 1 is 1.33 bits per heavy atom. The molecule has 0 bridgehead atoms. The van der Waals surface area contributed by atoms with E-state index in [2.05, 4.69) is 7.05 Å². The molecule has 0 unspecified atom stereocenters. The highest BCUT2D eigenvalue weighted by atomic mass is 16.5. The molecule has 1 aliphatic heterocycles. The molecule has 12 heavy (non-hydrogen) atoms. The van der Waals surface area contributed by atoms with Gasteiger partial charge in [-0.2, -0.15) is 0 Å². The maximum Gasteiger partial charge on any atom is 0.102 e. The van der Waals surface area contributed by atoms with Gasteiger partial charge >= 0.3 is 0 Å². The van der Waals surface area contributed by atoms with E-state index in [-0.39, 0.29) is 5.48 Å². The molecule has 0 atom stereocenters. The predicted molar refractivity (Wildman–Crippen MR) is 45.4 cm³/mol. The zero-order chi connectivity index (χ0) is 8.16. The summed E-state index contributed by atoms with van der Waals surface area (Å²) in [6.45, 7) is 6.03. The van der Waals surface area contributed by atoms with Gasteiger partial charge in [-0.15, -0.1) is 0 Å². The Labute approximate surface area is 74.0 Å². The fraction of sp³-hybridized carbons (Fsp3) is 1.00. The molecule has 1 aliphatic rings. The minimum absolute atomic E-state index is 0. The van der Waals surface area contributed by atoms with Crippen molar-refractivity contribution in [3.8, 4) is 0 Å². The van der Waals surface area contributed by atoms with Gasteiger partial charge in [0.25, 0.3) is 0 Å². The number of ether oxygens (including phenoxy) is 2. The van der Waals surface area contributed by atoms with Gasteiger partial charge in [0.05, 0.1) is 26.9 Å². The normalized spacial score (nSPS) is 21.5. The topological polar surface area (TPSA) is 48.5 Å². The van der Waals surface area contributed by atoms with E-state index in [4.69, 9.17) is 9.47 Å². The maximum atomic E-state index is 5.29. The second-order valence-corrected chi connectivity index (χ2v) is 3.40. The van der Waals surface area contributed by atoms with E-state index >= 15 is 0 Å². The highest BCUT2D eigenvalue weighted by molar-refractivity contribution is 4.45. The maximum absolute atomic E-state index is 5.29. The lowest BCUT2D eigenvalue weighted by Gasteiger charge is -2.37. The average molecular weight is 177 g/mol. The van der Waals surface area contributed by atoms with Crippen LogP contribution in [0.4, 0.5) is 0 Å². The van der Waals surface area contributed by atoms with Crippen LogP contribution in [-0.2, 0) is 9.47 Å². The molecule has 1 fully saturated rings. The Balaban J connectivity index is 0.00000121. The Hall–Kier alpha value is -0.160. The summed E-state index contributed by atoms with van der Waals surface area (Å²) < 4.78 is 11.4. The number of quaternary nitrogens is 1. The summed E-state index contributed by atoms with van der Waals surface area (Å²) in [7, 11) is 4.02. The van der Waals surface area contributed by atoms with Crippen LogP contribution >= 0.6 is 0 Å². The molecule has 0 amide bonds. The summed E-state index contributed by atoms with van der Waals surface area (Å²) in [6, 6.07) is 0. The zero-order valence-electron chi connectivity index (χ0n) is 7.95. The van der Waals surface area contributed by atoms with E-state index in [0.717, 1.165) is 43.9 Å². The lowest BCUT2D eigenvalue weighted by Crippen LogP contribution is -2.53. The van der Waals surface area contributed by atoms with Crippen LogP contribution in [0, 0.1) is 0 Å². The van der Waals surface area contributed by atoms with Crippen LogP contribution in [0.5, 0.6) is 0 Å². The minimum atomic E-state index is 0. The van der Waals surface area contributed by atoms with Crippen molar-refractivity contribution in [3.05, 3.63) is 0 Å². The van der Waals surface area contributed by atoms with Crippen LogP contribution in [0.25, 0.3) is 0 Å². The molecule has 4 heteroatoms. The van der Waals surface area contributed by atoms with Gasteiger partial charge in [0.1, 0.15) is 19.6 Å². The molecule has 74 valence electrons. The van der Waals surface area contributed by atoms with Gasteiger partial charge < -0.3 is 19.4 Å². The van der Waals surface area contributed by atoms with Gasteiger partial charge in [-0.1, -0.05) is 0 Å². The first-order valence-corrected chi connectivity index (χ1v) is 4.17. The van der Waals surface area contributed by atoms with E-state index in [1.54, 1.807) is 7.11 Å². The number of nitrogens with zero attached hydrogens (tertiary/aromatic N) is 1. The lowest BCUT2D eigenvalue weighted by molar-refractivity contribution is -0.917. The molecule has 1 heterocycles. The van der Waals surface area contributed by atoms with Crippen molar-refractivity contribution in [1.29, 1.82) is 0 Å². The van der Waals surface area contributed by atoms with Gasteiger partial charge in [-0.05, 0) is 0 Å².